The van der Waals surface area contributed by atoms with Gasteiger partial charge in [-0.15, -0.1) is 0 Å². The Morgan fingerprint density at radius 1 is 0.944 bits per heavy atom. The molecule has 0 saturated carbocycles. The average Bonchev–Trinajstić information content (AvgIpc) is 2.43. The fourth-order valence-corrected chi connectivity index (χ4v) is 1.99. The lowest BCUT2D eigenvalue weighted by atomic mass is 10.1. The van der Waals surface area contributed by atoms with Gasteiger partial charge >= 0.3 is 0 Å². The molecule has 0 spiro atoms. The molecule has 0 N–H and O–H groups in total. The summed E-state index contributed by atoms with van der Waals surface area (Å²) in [6.45, 7) is 0.722. The van der Waals surface area contributed by atoms with Crippen LogP contribution in [0, 0.1) is 11.3 Å². The van der Waals surface area contributed by atoms with Gasteiger partial charge in [-0.1, -0.05) is 36.4 Å². The quantitative estimate of drug-likeness (QED) is 0.704. The van der Waals surface area contributed by atoms with E-state index >= 15 is 0 Å². The second-order valence-corrected chi connectivity index (χ2v) is 4.29. The number of unbranched alkanes of at least 4 members (excludes halogenated alkanes) is 3. The van der Waals surface area contributed by atoms with Crippen LogP contribution in [0.3, 0.4) is 0 Å². The number of ether oxygens (including phenoxy) is 1. The van der Waals surface area contributed by atoms with Crippen molar-refractivity contribution < 1.29 is 4.74 Å². The highest BCUT2D eigenvalue weighted by molar-refractivity contribution is 5.88. The van der Waals surface area contributed by atoms with Crippen LogP contribution in [0.5, 0.6) is 5.75 Å². The monoisotopic (exact) mass is 239 g/mol. The van der Waals surface area contributed by atoms with Gasteiger partial charge in [0.25, 0.3) is 0 Å². The zero-order valence-electron chi connectivity index (χ0n) is 10.4. The second-order valence-electron chi connectivity index (χ2n) is 4.29. The minimum Gasteiger partial charge on any atom is -0.493 e. The van der Waals surface area contributed by atoms with E-state index in [0.29, 0.717) is 6.42 Å². The Morgan fingerprint density at radius 3 is 2.67 bits per heavy atom. The third kappa shape index (κ3) is 3.24. The van der Waals surface area contributed by atoms with Crippen LogP contribution in [0.15, 0.2) is 42.5 Å². The van der Waals surface area contributed by atoms with Crippen molar-refractivity contribution >= 4 is 10.8 Å². The van der Waals surface area contributed by atoms with E-state index in [9.17, 15) is 0 Å². The van der Waals surface area contributed by atoms with Gasteiger partial charge in [-0.2, -0.15) is 5.26 Å². The van der Waals surface area contributed by atoms with E-state index in [1.165, 1.54) is 5.39 Å². The number of nitriles is 1. The molecule has 2 rings (SSSR count). The van der Waals surface area contributed by atoms with Crippen molar-refractivity contribution in [2.45, 2.75) is 25.7 Å². The first-order valence-electron chi connectivity index (χ1n) is 6.39. The summed E-state index contributed by atoms with van der Waals surface area (Å²) in [5.74, 6) is 0.952. The van der Waals surface area contributed by atoms with Crippen molar-refractivity contribution in [3.8, 4) is 11.8 Å². The van der Waals surface area contributed by atoms with Crippen LogP contribution in [-0.2, 0) is 0 Å². The average molecular weight is 239 g/mol. The molecule has 0 bridgehead atoms. The van der Waals surface area contributed by atoms with E-state index in [1.807, 2.05) is 24.3 Å². The van der Waals surface area contributed by atoms with E-state index < -0.39 is 0 Å². The highest BCUT2D eigenvalue weighted by Gasteiger charge is 2.00. The number of benzene rings is 2. The predicted molar refractivity (Wildman–Crippen MR) is 73.5 cm³/mol. The summed E-state index contributed by atoms with van der Waals surface area (Å²) in [4.78, 5) is 0. The van der Waals surface area contributed by atoms with Gasteiger partial charge in [0.15, 0.2) is 0 Å². The topological polar surface area (TPSA) is 33.0 Å². The number of nitrogens with zero attached hydrogens (tertiary/aromatic N) is 1. The second kappa shape index (κ2) is 6.66. The molecular formula is C16H17NO. The first-order chi connectivity index (χ1) is 8.92. The number of rotatable bonds is 6. The van der Waals surface area contributed by atoms with E-state index in [0.717, 1.165) is 37.0 Å². The van der Waals surface area contributed by atoms with E-state index in [4.69, 9.17) is 10.00 Å². The third-order valence-electron chi connectivity index (χ3n) is 2.94. The number of hydrogen-bond donors (Lipinski definition) is 0. The fraction of sp³-hybridized carbons (Fsp3) is 0.312. The highest BCUT2D eigenvalue weighted by Crippen LogP contribution is 2.25. The van der Waals surface area contributed by atoms with Gasteiger partial charge < -0.3 is 4.74 Å². The van der Waals surface area contributed by atoms with Gasteiger partial charge in [0.1, 0.15) is 5.75 Å². The van der Waals surface area contributed by atoms with Crippen LogP contribution in [0.1, 0.15) is 25.7 Å². The first-order valence-corrected chi connectivity index (χ1v) is 6.39. The Morgan fingerprint density at radius 2 is 1.78 bits per heavy atom. The van der Waals surface area contributed by atoms with Gasteiger partial charge in [-0.3, -0.25) is 0 Å². The normalized spacial score (nSPS) is 10.2. The maximum absolute atomic E-state index is 8.44. The Kier molecular flexibility index (Phi) is 4.60. The molecule has 0 amide bonds. The summed E-state index contributed by atoms with van der Waals surface area (Å²) in [5.41, 5.74) is 0. The molecule has 0 fully saturated rings. The SMILES string of the molecule is N#CCCCCCOc1cccc2ccccc12. The molecule has 0 radical (unpaired) electrons. The van der Waals surface area contributed by atoms with Gasteiger partial charge in [0, 0.05) is 11.8 Å². The van der Waals surface area contributed by atoms with Crippen molar-refractivity contribution in [2.24, 2.45) is 0 Å². The molecule has 2 heteroatoms. The molecule has 0 aromatic heterocycles. The molecule has 0 unspecified atom stereocenters. The lowest BCUT2D eigenvalue weighted by Crippen LogP contribution is -1.97. The molecule has 2 nitrogen and oxygen atoms in total. The van der Waals surface area contributed by atoms with Crippen molar-refractivity contribution in [3.05, 3.63) is 42.5 Å². The van der Waals surface area contributed by atoms with Crippen LogP contribution in [-0.4, -0.2) is 6.61 Å². The molecule has 2 aromatic carbocycles. The van der Waals surface area contributed by atoms with Crippen molar-refractivity contribution in [1.82, 2.24) is 0 Å². The van der Waals surface area contributed by atoms with Gasteiger partial charge in [-0.25, -0.2) is 0 Å². The zero-order valence-corrected chi connectivity index (χ0v) is 10.4. The minimum atomic E-state index is 0.647. The summed E-state index contributed by atoms with van der Waals surface area (Å²) >= 11 is 0. The Hall–Kier alpha value is -2.01. The summed E-state index contributed by atoms with van der Waals surface area (Å²) in [6, 6.07) is 16.5. The molecule has 2 aromatic rings. The summed E-state index contributed by atoms with van der Waals surface area (Å²) in [7, 11) is 0. The fourth-order valence-electron chi connectivity index (χ4n) is 1.99. The van der Waals surface area contributed by atoms with Crippen LogP contribution in [0.25, 0.3) is 10.8 Å². The molecule has 0 aliphatic carbocycles. The molecule has 0 heterocycles. The lowest BCUT2D eigenvalue weighted by Gasteiger charge is -2.08. The zero-order chi connectivity index (χ0) is 12.6. The molecule has 0 aliphatic rings. The lowest BCUT2D eigenvalue weighted by molar-refractivity contribution is 0.309. The Labute approximate surface area is 108 Å². The van der Waals surface area contributed by atoms with Gasteiger partial charge in [-0.05, 0) is 30.7 Å². The minimum absolute atomic E-state index is 0.647. The van der Waals surface area contributed by atoms with E-state index in [2.05, 4.69) is 24.3 Å². The Bertz CT molecular complexity index is 537. The summed E-state index contributed by atoms with van der Waals surface area (Å²) in [6.07, 6.45) is 3.67. The maximum Gasteiger partial charge on any atom is 0.127 e. The standard InChI is InChI=1S/C16H17NO/c17-12-5-1-2-6-13-18-16-11-7-9-14-8-3-4-10-15(14)16/h3-4,7-11H,1-2,5-6,13H2. The third-order valence-corrected chi connectivity index (χ3v) is 2.94. The van der Waals surface area contributed by atoms with Crippen molar-refractivity contribution in [3.63, 3.8) is 0 Å². The Balaban J connectivity index is 1.90. The van der Waals surface area contributed by atoms with Crippen LogP contribution >= 0.6 is 0 Å². The smallest absolute Gasteiger partial charge is 0.127 e. The molecule has 92 valence electrons. The van der Waals surface area contributed by atoms with E-state index in [1.54, 1.807) is 0 Å². The van der Waals surface area contributed by atoms with Gasteiger partial charge in [0.05, 0.1) is 12.7 Å². The maximum atomic E-state index is 8.44. The van der Waals surface area contributed by atoms with Crippen molar-refractivity contribution in [1.29, 1.82) is 5.26 Å². The van der Waals surface area contributed by atoms with Gasteiger partial charge in [0.2, 0.25) is 0 Å². The van der Waals surface area contributed by atoms with Crippen LogP contribution in [0.4, 0.5) is 0 Å². The molecule has 18 heavy (non-hydrogen) atoms. The highest BCUT2D eigenvalue weighted by atomic mass is 16.5. The van der Waals surface area contributed by atoms with Crippen molar-refractivity contribution in [2.75, 3.05) is 6.61 Å². The number of hydrogen-bond acceptors (Lipinski definition) is 2. The summed E-state index contributed by atoms with van der Waals surface area (Å²) in [5, 5.41) is 10.8. The molecule has 0 saturated heterocycles. The van der Waals surface area contributed by atoms with Crippen LogP contribution in [0.2, 0.25) is 0 Å². The van der Waals surface area contributed by atoms with E-state index in [-0.39, 0.29) is 0 Å². The molecular weight excluding hydrogens is 222 g/mol. The predicted octanol–water partition coefficient (Wildman–Crippen LogP) is 4.30. The number of fused-ring (bicyclic) bond motifs is 1. The first kappa shape index (κ1) is 12.4. The molecule has 0 aliphatic heterocycles. The summed E-state index contributed by atoms with van der Waals surface area (Å²) < 4.78 is 5.82. The van der Waals surface area contributed by atoms with Crippen LogP contribution < -0.4 is 4.74 Å². The molecule has 0 atom stereocenters. The largest absolute Gasteiger partial charge is 0.493 e.